The highest BCUT2D eigenvalue weighted by molar-refractivity contribution is 6.31. The van der Waals surface area contributed by atoms with E-state index in [1.807, 2.05) is 73.7 Å². The Bertz CT molecular complexity index is 1620. The highest BCUT2D eigenvalue weighted by Gasteiger charge is 2.45. The van der Waals surface area contributed by atoms with Crippen molar-refractivity contribution >= 4 is 23.0 Å². The molecule has 3 aromatic carbocycles. The molecule has 2 heterocycles. The standard InChI is InChI=1S/C38H43N3O4/c1-4-41(5-2)20-19-26-15-17-28(26)37(43)35-24(3)39-33(36(35)29-13-9-10-14-34(29)42)22-31-30-21-27(16-18-32(30)40-38(31)44)45-23-25-11-7-6-8-12-25/h6-14,16,18,21-22,26,28,33,36,39,42H,4-5,15,17,19-20,23H2,1-3H3,(H,40,44)/b31-22-. The summed E-state index contributed by atoms with van der Waals surface area (Å²) in [5, 5.41) is 17.5. The molecule has 7 heteroatoms. The van der Waals surface area contributed by atoms with Gasteiger partial charge in [-0.1, -0.05) is 62.4 Å². The summed E-state index contributed by atoms with van der Waals surface area (Å²) < 4.78 is 6.08. The maximum atomic E-state index is 14.3. The zero-order valence-corrected chi connectivity index (χ0v) is 26.4. The monoisotopic (exact) mass is 605 g/mol. The van der Waals surface area contributed by atoms with Gasteiger partial charge in [0.15, 0.2) is 5.78 Å². The van der Waals surface area contributed by atoms with Crippen LogP contribution in [0.1, 0.15) is 62.6 Å². The average Bonchev–Trinajstić information content (AvgIpc) is 3.53. The number of rotatable bonds is 12. The fraction of sp³-hybridized carbons (Fsp3) is 0.368. The normalized spacial score (nSPS) is 23.1. The van der Waals surface area contributed by atoms with E-state index in [2.05, 4.69) is 29.4 Å². The molecule has 0 radical (unpaired) electrons. The van der Waals surface area contributed by atoms with Crippen LogP contribution in [-0.2, 0) is 16.2 Å². The van der Waals surface area contributed by atoms with Gasteiger partial charge in [0.1, 0.15) is 18.1 Å². The molecular formula is C38H43N3O4. The molecule has 234 valence electrons. The van der Waals surface area contributed by atoms with E-state index in [0.29, 0.717) is 29.4 Å². The largest absolute Gasteiger partial charge is 0.508 e. The third-order valence-electron chi connectivity index (χ3n) is 9.83. The molecule has 1 fully saturated rings. The average molecular weight is 606 g/mol. The number of fused-ring (bicyclic) bond motifs is 1. The SMILES string of the molecule is CCN(CC)CCC1CCC1C(=O)C1=C(C)NC(/C=C2\C(=O)Nc3ccc(OCc4ccccc4)cc32)C1c1ccccc1O. The van der Waals surface area contributed by atoms with Crippen LogP contribution in [0.2, 0.25) is 0 Å². The number of hydrogen-bond donors (Lipinski definition) is 3. The molecule has 6 rings (SSSR count). The van der Waals surface area contributed by atoms with E-state index < -0.39 is 12.0 Å². The smallest absolute Gasteiger partial charge is 0.256 e. The molecule has 3 aliphatic rings. The van der Waals surface area contributed by atoms with Gasteiger partial charge < -0.3 is 25.4 Å². The van der Waals surface area contributed by atoms with Crippen molar-refractivity contribution < 1.29 is 19.4 Å². The molecule has 3 aromatic rings. The number of ketones is 1. The molecule has 0 saturated heterocycles. The van der Waals surface area contributed by atoms with Gasteiger partial charge in [0.25, 0.3) is 5.91 Å². The van der Waals surface area contributed by atoms with E-state index in [4.69, 9.17) is 4.74 Å². The van der Waals surface area contributed by atoms with Crippen molar-refractivity contribution in [2.45, 2.75) is 58.6 Å². The van der Waals surface area contributed by atoms with E-state index in [1.165, 1.54) is 0 Å². The molecule has 0 bridgehead atoms. The number of nitrogens with zero attached hydrogens (tertiary/aromatic N) is 1. The molecule has 1 saturated carbocycles. The molecule has 1 amide bonds. The zero-order chi connectivity index (χ0) is 31.5. The Balaban J connectivity index is 1.28. The Kier molecular flexibility index (Phi) is 9.08. The lowest BCUT2D eigenvalue weighted by Gasteiger charge is -2.38. The number of ether oxygens (including phenoxy) is 1. The number of para-hydroxylation sites is 1. The number of carbonyl (C=O) groups is 2. The van der Waals surface area contributed by atoms with Crippen molar-refractivity contribution in [3.05, 3.63) is 107 Å². The number of Topliss-reactive ketones (excluding diaryl/α,β-unsaturated/α-hetero) is 1. The first-order valence-electron chi connectivity index (χ1n) is 16.2. The van der Waals surface area contributed by atoms with E-state index in [-0.39, 0.29) is 23.4 Å². The van der Waals surface area contributed by atoms with Gasteiger partial charge in [-0.2, -0.15) is 0 Å². The first-order valence-corrected chi connectivity index (χ1v) is 16.2. The van der Waals surface area contributed by atoms with Crippen molar-refractivity contribution in [2.75, 3.05) is 25.0 Å². The molecule has 0 spiro atoms. The summed E-state index contributed by atoms with van der Waals surface area (Å²) in [4.78, 5) is 30.0. The first kappa shape index (κ1) is 30.7. The molecule has 7 nitrogen and oxygen atoms in total. The lowest BCUT2D eigenvalue weighted by atomic mass is 9.66. The van der Waals surface area contributed by atoms with Crippen LogP contribution in [0.3, 0.4) is 0 Å². The summed E-state index contributed by atoms with van der Waals surface area (Å²) in [5.41, 5.74) is 5.28. The van der Waals surface area contributed by atoms with Crippen LogP contribution in [0.4, 0.5) is 5.69 Å². The van der Waals surface area contributed by atoms with Gasteiger partial charge in [-0.05, 0) is 87.6 Å². The summed E-state index contributed by atoms with van der Waals surface area (Å²) in [5.74, 6) is 0.697. The molecular weight excluding hydrogens is 562 g/mol. The molecule has 0 aromatic heterocycles. The number of hydrogen-bond acceptors (Lipinski definition) is 6. The predicted octanol–water partition coefficient (Wildman–Crippen LogP) is 6.66. The van der Waals surface area contributed by atoms with Gasteiger partial charge in [-0.3, -0.25) is 9.59 Å². The van der Waals surface area contributed by atoms with E-state index >= 15 is 0 Å². The van der Waals surface area contributed by atoms with E-state index in [9.17, 15) is 14.7 Å². The van der Waals surface area contributed by atoms with Crippen LogP contribution in [0.15, 0.2) is 90.1 Å². The number of nitrogens with one attached hydrogen (secondary N) is 2. The number of anilines is 1. The number of benzene rings is 3. The highest BCUT2D eigenvalue weighted by Crippen LogP contribution is 2.47. The van der Waals surface area contributed by atoms with Gasteiger partial charge in [0.2, 0.25) is 0 Å². The summed E-state index contributed by atoms with van der Waals surface area (Å²) in [6, 6.07) is 22.4. The third kappa shape index (κ3) is 6.27. The molecule has 4 atom stereocenters. The minimum absolute atomic E-state index is 0.0214. The maximum Gasteiger partial charge on any atom is 0.256 e. The van der Waals surface area contributed by atoms with Crippen LogP contribution in [0, 0.1) is 11.8 Å². The fourth-order valence-electron chi connectivity index (χ4n) is 7.09. The first-order chi connectivity index (χ1) is 21.9. The molecule has 45 heavy (non-hydrogen) atoms. The number of amides is 1. The van der Waals surface area contributed by atoms with E-state index in [0.717, 1.165) is 67.0 Å². The number of allylic oxidation sites excluding steroid dienone is 1. The predicted molar refractivity (Wildman–Crippen MR) is 178 cm³/mol. The summed E-state index contributed by atoms with van der Waals surface area (Å²) >= 11 is 0. The quantitative estimate of drug-likeness (QED) is 0.200. The lowest BCUT2D eigenvalue weighted by molar-refractivity contribution is -0.124. The van der Waals surface area contributed by atoms with Crippen LogP contribution < -0.4 is 15.4 Å². The number of carbonyl (C=O) groups excluding carboxylic acids is 2. The number of phenols is 1. The Hall–Kier alpha value is -4.36. The number of phenolic OH excluding ortho intramolecular Hbond substituents is 1. The lowest BCUT2D eigenvalue weighted by Crippen LogP contribution is -2.38. The Labute approximate surface area is 266 Å². The molecule has 3 N–H and O–H groups in total. The van der Waals surface area contributed by atoms with Crippen molar-refractivity contribution in [1.29, 1.82) is 0 Å². The van der Waals surface area contributed by atoms with Crippen LogP contribution >= 0.6 is 0 Å². The highest BCUT2D eigenvalue weighted by atomic mass is 16.5. The van der Waals surface area contributed by atoms with Crippen molar-refractivity contribution in [1.82, 2.24) is 10.2 Å². The minimum atomic E-state index is -0.426. The fourth-order valence-corrected chi connectivity index (χ4v) is 7.09. The third-order valence-corrected chi connectivity index (χ3v) is 9.83. The Morgan fingerprint density at radius 1 is 1.02 bits per heavy atom. The van der Waals surface area contributed by atoms with Crippen LogP contribution in [-0.4, -0.2) is 47.4 Å². The molecule has 1 aliphatic carbocycles. The second-order valence-electron chi connectivity index (χ2n) is 12.4. The molecule has 4 unspecified atom stereocenters. The summed E-state index contributed by atoms with van der Waals surface area (Å²) in [6.07, 6.45) is 4.89. The van der Waals surface area contributed by atoms with Crippen molar-refractivity contribution in [3.8, 4) is 11.5 Å². The van der Waals surface area contributed by atoms with Gasteiger partial charge in [-0.25, -0.2) is 0 Å². The van der Waals surface area contributed by atoms with E-state index in [1.54, 1.807) is 12.1 Å². The summed E-state index contributed by atoms with van der Waals surface area (Å²) in [7, 11) is 0. The summed E-state index contributed by atoms with van der Waals surface area (Å²) in [6.45, 7) is 9.75. The maximum absolute atomic E-state index is 14.3. The van der Waals surface area contributed by atoms with Gasteiger partial charge in [0.05, 0.1) is 6.04 Å². The van der Waals surface area contributed by atoms with Gasteiger partial charge in [0, 0.05) is 45.5 Å². The van der Waals surface area contributed by atoms with Gasteiger partial charge in [-0.15, -0.1) is 0 Å². The van der Waals surface area contributed by atoms with Gasteiger partial charge >= 0.3 is 0 Å². The second-order valence-corrected chi connectivity index (χ2v) is 12.4. The van der Waals surface area contributed by atoms with Crippen LogP contribution in [0.25, 0.3) is 5.57 Å². The minimum Gasteiger partial charge on any atom is -0.508 e. The Morgan fingerprint density at radius 2 is 1.78 bits per heavy atom. The Morgan fingerprint density at radius 3 is 2.49 bits per heavy atom. The molecule has 2 aliphatic heterocycles. The zero-order valence-electron chi connectivity index (χ0n) is 26.4. The van der Waals surface area contributed by atoms with Crippen molar-refractivity contribution in [2.24, 2.45) is 11.8 Å². The topological polar surface area (TPSA) is 90.9 Å². The van der Waals surface area contributed by atoms with Crippen molar-refractivity contribution in [3.63, 3.8) is 0 Å². The van der Waals surface area contributed by atoms with Crippen LogP contribution in [0.5, 0.6) is 11.5 Å². The second kappa shape index (κ2) is 13.3. The number of aromatic hydroxyl groups is 1.